The summed E-state index contributed by atoms with van der Waals surface area (Å²) < 4.78 is 7.48. The first kappa shape index (κ1) is 28.4. The van der Waals surface area contributed by atoms with E-state index in [0.29, 0.717) is 25.3 Å². The molecule has 7 heteroatoms. The third-order valence-electron chi connectivity index (χ3n) is 8.16. The first-order valence-corrected chi connectivity index (χ1v) is 14.5. The van der Waals surface area contributed by atoms with Gasteiger partial charge in [-0.2, -0.15) is 0 Å². The van der Waals surface area contributed by atoms with E-state index in [1.165, 1.54) is 11.3 Å². The molecule has 7 nitrogen and oxygen atoms in total. The number of hydrogen-bond acceptors (Lipinski definition) is 4. The molecule has 5 rings (SSSR count). The van der Waals surface area contributed by atoms with E-state index >= 15 is 0 Å². The molecule has 0 saturated carbocycles. The number of amides is 2. The maximum absolute atomic E-state index is 14.1. The van der Waals surface area contributed by atoms with E-state index < -0.39 is 12.0 Å². The summed E-state index contributed by atoms with van der Waals surface area (Å²) in [6.07, 6.45) is 2.88. The molecule has 0 bridgehead atoms. The summed E-state index contributed by atoms with van der Waals surface area (Å²) in [4.78, 5) is 32.2. The van der Waals surface area contributed by atoms with Crippen LogP contribution in [0, 0.1) is 6.92 Å². The standard InChI is InChI=1S/C34H40N4O3/c1-5-37(25-13-10-12-24(2)22-25)19-11-18-35-33(39)31-27-15-6-7-16-28(27)34(40)38(20-21-41-4)32(31)29-23-36(3)30-17-9-8-14-26(29)30/h6-10,12-17,22-23,31-32H,5,11,18-21H2,1-4H3,(H,35,39). The predicted octanol–water partition coefficient (Wildman–Crippen LogP) is 5.45. The van der Waals surface area contributed by atoms with Gasteiger partial charge in [0.05, 0.1) is 18.6 Å². The maximum atomic E-state index is 14.1. The number of aryl methyl sites for hydroxylation is 2. The van der Waals surface area contributed by atoms with Crippen LogP contribution in [0.2, 0.25) is 0 Å². The molecular weight excluding hydrogens is 512 g/mol. The van der Waals surface area contributed by atoms with Crippen molar-refractivity contribution in [3.63, 3.8) is 0 Å². The zero-order chi connectivity index (χ0) is 28.9. The van der Waals surface area contributed by atoms with E-state index in [2.05, 4.69) is 71.2 Å². The largest absolute Gasteiger partial charge is 0.383 e. The molecule has 1 aliphatic rings. The Morgan fingerprint density at radius 1 is 1.02 bits per heavy atom. The number of rotatable bonds is 11. The zero-order valence-corrected chi connectivity index (χ0v) is 24.5. The Kier molecular flexibility index (Phi) is 8.74. The number of carbonyl (C=O) groups is 2. The lowest BCUT2D eigenvalue weighted by atomic mass is 9.79. The molecule has 0 radical (unpaired) electrons. The predicted molar refractivity (Wildman–Crippen MR) is 164 cm³/mol. The number of ether oxygens (including phenoxy) is 1. The SMILES string of the molecule is CCN(CCCNC(=O)C1c2ccccc2C(=O)N(CCOC)C1c1cn(C)c2ccccc12)c1cccc(C)c1. The minimum absolute atomic E-state index is 0.0658. The van der Waals surface area contributed by atoms with Gasteiger partial charge < -0.3 is 24.4 Å². The molecule has 3 aromatic carbocycles. The Balaban J connectivity index is 1.45. The Morgan fingerprint density at radius 3 is 2.59 bits per heavy atom. The van der Waals surface area contributed by atoms with Crippen molar-refractivity contribution in [1.82, 2.24) is 14.8 Å². The van der Waals surface area contributed by atoms with Gasteiger partial charge in [-0.15, -0.1) is 0 Å². The Labute approximate surface area is 242 Å². The molecule has 0 spiro atoms. The van der Waals surface area contributed by atoms with Crippen molar-refractivity contribution in [2.45, 2.75) is 32.2 Å². The molecular formula is C34H40N4O3. The number of nitrogens with one attached hydrogen (secondary N) is 1. The second kappa shape index (κ2) is 12.6. The van der Waals surface area contributed by atoms with E-state index in [1.54, 1.807) is 7.11 Å². The molecule has 1 aliphatic heterocycles. The molecule has 2 amide bonds. The highest BCUT2D eigenvalue weighted by Gasteiger charge is 2.44. The summed E-state index contributed by atoms with van der Waals surface area (Å²) in [6.45, 7) is 7.32. The van der Waals surface area contributed by atoms with Crippen LogP contribution in [0.3, 0.4) is 0 Å². The van der Waals surface area contributed by atoms with Crippen LogP contribution in [0.5, 0.6) is 0 Å². The van der Waals surface area contributed by atoms with Gasteiger partial charge in [0.15, 0.2) is 0 Å². The lowest BCUT2D eigenvalue weighted by Crippen LogP contribution is -2.48. The Morgan fingerprint density at radius 2 is 1.80 bits per heavy atom. The van der Waals surface area contributed by atoms with Gasteiger partial charge in [0.2, 0.25) is 5.91 Å². The maximum Gasteiger partial charge on any atom is 0.254 e. The quantitative estimate of drug-likeness (QED) is 0.252. The molecule has 0 aliphatic carbocycles. The van der Waals surface area contributed by atoms with Crippen molar-refractivity contribution in [3.8, 4) is 0 Å². The van der Waals surface area contributed by atoms with Gasteiger partial charge >= 0.3 is 0 Å². The van der Waals surface area contributed by atoms with Gasteiger partial charge in [0.1, 0.15) is 0 Å². The van der Waals surface area contributed by atoms with Gasteiger partial charge in [0.25, 0.3) is 5.91 Å². The molecule has 1 N–H and O–H groups in total. The van der Waals surface area contributed by atoms with Gasteiger partial charge in [-0.3, -0.25) is 9.59 Å². The number of aromatic nitrogens is 1. The van der Waals surface area contributed by atoms with E-state index in [-0.39, 0.29) is 11.8 Å². The van der Waals surface area contributed by atoms with Crippen LogP contribution >= 0.6 is 0 Å². The number of benzene rings is 3. The van der Waals surface area contributed by atoms with Gasteiger partial charge in [-0.1, -0.05) is 48.5 Å². The Hall–Kier alpha value is -4.10. The monoisotopic (exact) mass is 552 g/mol. The normalized spacial score (nSPS) is 16.6. The van der Waals surface area contributed by atoms with E-state index in [1.807, 2.05) is 48.3 Å². The molecule has 2 unspecified atom stereocenters. The second-order valence-electron chi connectivity index (χ2n) is 10.8. The van der Waals surface area contributed by atoms with Crippen molar-refractivity contribution in [3.05, 3.63) is 101 Å². The van der Waals surface area contributed by atoms with Crippen molar-refractivity contribution in [1.29, 1.82) is 0 Å². The third-order valence-corrected chi connectivity index (χ3v) is 8.16. The number of para-hydroxylation sites is 1. The highest BCUT2D eigenvalue weighted by molar-refractivity contribution is 6.02. The molecule has 41 heavy (non-hydrogen) atoms. The molecule has 2 atom stereocenters. The summed E-state index contributed by atoms with van der Waals surface area (Å²) in [5, 5.41) is 4.29. The first-order chi connectivity index (χ1) is 19.9. The fourth-order valence-corrected chi connectivity index (χ4v) is 6.15. The second-order valence-corrected chi connectivity index (χ2v) is 10.8. The average molecular weight is 553 g/mol. The molecule has 0 fully saturated rings. The summed E-state index contributed by atoms with van der Waals surface area (Å²) in [5.74, 6) is -0.689. The summed E-state index contributed by atoms with van der Waals surface area (Å²) >= 11 is 0. The highest BCUT2D eigenvalue weighted by atomic mass is 16.5. The van der Waals surface area contributed by atoms with Crippen LogP contribution in [0.15, 0.2) is 79.0 Å². The highest BCUT2D eigenvalue weighted by Crippen LogP contribution is 2.45. The lowest BCUT2D eigenvalue weighted by molar-refractivity contribution is -0.124. The van der Waals surface area contributed by atoms with Crippen molar-refractivity contribution < 1.29 is 14.3 Å². The molecule has 1 aromatic heterocycles. The minimum atomic E-state index is -0.550. The number of methoxy groups -OCH3 is 1. The topological polar surface area (TPSA) is 66.8 Å². The van der Waals surface area contributed by atoms with E-state index in [9.17, 15) is 9.59 Å². The average Bonchev–Trinajstić information content (AvgIpc) is 3.32. The summed E-state index contributed by atoms with van der Waals surface area (Å²) in [7, 11) is 3.64. The smallest absolute Gasteiger partial charge is 0.254 e. The van der Waals surface area contributed by atoms with Crippen molar-refractivity contribution >= 4 is 28.4 Å². The Bertz CT molecular complexity index is 1530. The van der Waals surface area contributed by atoms with Crippen molar-refractivity contribution in [2.75, 3.05) is 44.8 Å². The number of hydrogen-bond donors (Lipinski definition) is 1. The van der Waals surface area contributed by atoms with E-state index in [4.69, 9.17) is 4.74 Å². The summed E-state index contributed by atoms with van der Waals surface area (Å²) in [5.41, 5.74) is 5.82. The molecule has 214 valence electrons. The molecule has 2 heterocycles. The van der Waals surface area contributed by atoms with Crippen LogP contribution in [0.25, 0.3) is 10.9 Å². The first-order valence-electron chi connectivity index (χ1n) is 14.5. The fraction of sp³-hybridized carbons (Fsp3) is 0.353. The van der Waals surface area contributed by atoms with Crippen LogP contribution in [-0.4, -0.2) is 61.2 Å². The van der Waals surface area contributed by atoms with E-state index in [0.717, 1.165) is 41.5 Å². The van der Waals surface area contributed by atoms with Crippen LogP contribution in [-0.2, 0) is 16.6 Å². The number of anilines is 1. The van der Waals surface area contributed by atoms with Gasteiger partial charge in [-0.05, 0) is 55.7 Å². The third kappa shape index (κ3) is 5.72. The molecule has 0 saturated heterocycles. The number of fused-ring (bicyclic) bond motifs is 2. The minimum Gasteiger partial charge on any atom is -0.383 e. The number of carbonyl (C=O) groups excluding carboxylic acids is 2. The summed E-state index contributed by atoms with van der Waals surface area (Å²) in [6, 6.07) is 23.8. The zero-order valence-electron chi connectivity index (χ0n) is 24.5. The molecule has 4 aromatic rings. The van der Waals surface area contributed by atoms with Gasteiger partial charge in [-0.25, -0.2) is 0 Å². The van der Waals surface area contributed by atoms with Crippen molar-refractivity contribution in [2.24, 2.45) is 7.05 Å². The van der Waals surface area contributed by atoms with Crippen LogP contribution in [0.4, 0.5) is 5.69 Å². The van der Waals surface area contributed by atoms with Gasteiger partial charge in [0, 0.05) is 74.3 Å². The fourth-order valence-electron chi connectivity index (χ4n) is 6.15. The number of nitrogens with zero attached hydrogens (tertiary/aromatic N) is 3. The van der Waals surface area contributed by atoms with Crippen LogP contribution in [0.1, 0.15) is 52.4 Å². The van der Waals surface area contributed by atoms with Crippen LogP contribution < -0.4 is 10.2 Å². The lowest BCUT2D eigenvalue weighted by Gasteiger charge is -2.41.